The van der Waals surface area contributed by atoms with E-state index in [4.69, 9.17) is 17.3 Å². The quantitative estimate of drug-likeness (QED) is 0.726. The highest BCUT2D eigenvalue weighted by Gasteiger charge is 2.14. The number of hydrogen-bond acceptors (Lipinski definition) is 3. The molecule has 0 atom stereocenters. The average molecular weight is 221 g/mol. The SMILES string of the molecule is CNS(=O)(=O)c1ccc(Cl)cc1N. The Hall–Kier alpha value is -0.780. The van der Waals surface area contributed by atoms with Gasteiger partial charge in [0.05, 0.1) is 5.69 Å². The first-order valence-corrected chi connectivity index (χ1v) is 5.32. The van der Waals surface area contributed by atoms with Crippen LogP contribution in [0.4, 0.5) is 5.69 Å². The number of benzene rings is 1. The van der Waals surface area contributed by atoms with Crippen molar-refractivity contribution in [3.63, 3.8) is 0 Å². The second-order valence-corrected chi connectivity index (χ2v) is 4.68. The van der Waals surface area contributed by atoms with Crippen molar-refractivity contribution in [2.24, 2.45) is 0 Å². The summed E-state index contributed by atoms with van der Waals surface area (Å²) in [5.41, 5.74) is 5.62. The largest absolute Gasteiger partial charge is 0.398 e. The molecule has 1 rings (SSSR count). The van der Waals surface area contributed by atoms with Gasteiger partial charge in [-0.2, -0.15) is 0 Å². The molecule has 0 aliphatic carbocycles. The standard InChI is InChI=1S/C7H9ClN2O2S/c1-10-13(11,12)7-3-2-5(8)4-6(7)9/h2-4,10H,9H2,1H3. The molecule has 0 saturated carbocycles. The molecule has 4 nitrogen and oxygen atoms in total. The molecule has 0 aliphatic rings. The molecule has 0 spiro atoms. The van der Waals surface area contributed by atoms with Gasteiger partial charge in [0.1, 0.15) is 4.90 Å². The minimum Gasteiger partial charge on any atom is -0.398 e. The summed E-state index contributed by atoms with van der Waals surface area (Å²) < 4.78 is 24.8. The molecule has 0 amide bonds. The third kappa shape index (κ3) is 2.12. The molecule has 1 aromatic carbocycles. The van der Waals surface area contributed by atoms with Crippen LogP contribution in [0.5, 0.6) is 0 Å². The number of anilines is 1. The lowest BCUT2D eigenvalue weighted by atomic mass is 10.3. The van der Waals surface area contributed by atoms with Gasteiger partial charge in [-0.3, -0.25) is 0 Å². The van der Waals surface area contributed by atoms with E-state index in [0.29, 0.717) is 5.02 Å². The van der Waals surface area contributed by atoms with Crippen molar-refractivity contribution in [3.8, 4) is 0 Å². The first kappa shape index (κ1) is 10.3. The van der Waals surface area contributed by atoms with Gasteiger partial charge < -0.3 is 5.73 Å². The van der Waals surface area contributed by atoms with Crippen molar-refractivity contribution in [2.45, 2.75) is 4.90 Å². The lowest BCUT2D eigenvalue weighted by Crippen LogP contribution is -2.19. The topological polar surface area (TPSA) is 72.2 Å². The van der Waals surface area contributed by atoms with E-state index >= 15 is 0 Å². The first-order chi connectivity index (χ1) is 5.97. The molecule has 0 unspecified atom stereocenters. The summed E-state index contributed by atoms with van der Waals surface area (Å²) in [4.78, 5) is 0.0411. The Morgan fingerprint density at radius 3 is 2.54 bits per heavy atom. The lowest BCUT2D eigenvalue weighted by Gasteiger charge is -2.05. The maximum atomic E-state index is 11.3. The van der Waals surface area contributed by atoms with E-state index in [1.807, 2.05) is 0 Å². The predicted octanol–water partition coefficient (Wildman–Crippen LogP) is 0.830. The summed E-state index contributed by atoms with van der Waals surface area (Å²) in [6, 6.07) is 4.23. The molecule has 6 heteroatoms. The molecule has 0 radical (unpaired) electrons. The molecule has 0 fully saturated rings. The zero-order chi connectivity index (χ0) is 10.1. The smallest absolute Gasteiger partial charge is 0.242 e. The van der Waals surface area contributed by atoms with Crippen LogP contribution >= 0.6 is 11.6 Å². The third-order valence-corrected chi connectivity index (χ3v) is 3.25. The highest BCUT2D eigenvalue weighted by Crippen LogP contribution is 2.21. The second-order valence-electron chi connectivity index (χ2n) is 2.39. The van der Waals surface area contributed by atoms with Crippen LogP contribution in [0.25, 0.3) is 0 Å². The van der Waals surface area contributed by atoms with Crippen molar-refractivity contribution in [1.29, 1.82) is 0 Å². The van der Waals surface area contributed by atoms with Crippen molar-refractivity contribution < 1.29 is 8.42 Å². The molecule has 0 aliphatic heterocycles. The average Bonchev–Trinajstić information content (AvgIpc) is 2.03. The summed E-state index contributed by atoms with van der Waals surface area (Å²) in [7, 11) is -2.16. The highest BCUT2D eigenvalue weighted by molar-refractivity contribution is 7.89. The summed E-state index contributed by atoms with van der Waals surface area (Å²) in [6.07, 6.45) is 0. The van der Waals surface area contributed by atoms with Gasteiger partial charge >= 0.3 is 0 Å². The van der Waals surface area contributed by atoms with Gasteiger partial charge in [-0.05, 0) is 25.2 Å². The van der Waals surface area contributed by atoms with Crippen LogP contribution in [-0.2, 0) is 10.0 Å². The number of nitrogens with two attached hydrogens (primary N) is 1. The van der Waals surface area contributed by atoms with E-state index in [0.717, 1.165) is 0 Å². The van der Waals surface area contributed by atoms with E-state index in [1.54, 1.807) is 0 Å². The van der Waals surface area contributed by atoms with Gasteiger partial charge in [0.2, 0.25) is 10.0 Å². The van der Waals surface area contributed by atoms with E-state index in [9.17, 15) is 8.42 Å². The number of nitrogens with one attached hydrogen (secondary N) is 1. The first-order valence-electron chi connectivity index (χ1n) is 3.46. The van der Waals surface area contributed by atoms with Gasteiger partial charge in [-0.25, -0.2) is 13.1 Å². The highest BCUT2D eigenvalue weighted by atomic mass is 35.5. The maximum Gasteiger partial charge on any atom is 0.242 e. The predicted molar refractivity (Wildman–Crippen MR) is 52.1 cm³/mol. The van der Waals surface area contributed by atoms with Crippen LogP contribution < -0.4 is 10.5 Å². The van der Waals surface area contributed by atoms with Crippen LogP contribution in [0, 0.1) is 0 Å². The minimum absolute atomic E-state index is 0.0411. The van der Waals surface area contributed by atoms with E-state index in [-0.39, 0.29) is 10.6 Å². The Bertz CT molecular complexity index is 417. The fourth-order valence-electron chi connectivity index (χ4n) is 0.874. The number of halogens is 1. The Labute approximate surface area is 81.8 Å². The lowest BCUT2D eigenvalue weighted by molar-refractivity contribution is 0.588. The maximum absolute atomic E-state index is 11.3. The van der Waals surface area contributed by atoms with Crippen LogP contribution in [0.2, 0.25) is 5.02 Å². The van der Waals surface area contributed by atoms with Gasteiger partial charge in [-0.15, -0.1) is 0 Å². The van der Waals surface area contributed by atoms with Gasteiger partial charge in [-0.1, -0.05) is 11.6 Å². The molecule has 0 bridgehead atoms. The fourth-order valence-corrected chi connectivity index (χ4v) is 1.89. The van der Waals surface area contributed by atoms with E-state index in [1.165, 1.54) is 25.2 Å². The second kappa shape index (κ2) is 3.53. The Kier molecular flexibility index (Phi) is 2.80. The molecule has 1 aromatic rings. The number of hydrogen-bond donors (Lipinski definition) is 2. The van der Waals surface area contributed by atoms with Crippen LogP contribution in [0.15, 0.2) is 23.1 Å². The molecular formula is C7H9ClN2O2S. The zero-order valence-corrected chi connectivity index (χ0v) is 8.48. The number of nitrogen functional groups attached to an aromatic ring is 1. The Balaban J connectivity index is 3.33. The summed E-state index contributed by atoms with van der Waals surface area (Å²) in [6.45, 7) is 0. The molecule has 3 N–H and O–H groups in total. The van der Waals surface area contributed by atoms with E-state index < -0.39 is 10.0 Å². The van der Waals surface area contributed by atoms with Gasteiger partial charge in [0.15, 0.2) is 0 Å². The monoisotopic (exact) mass is 220 g/mol. The summed E-state index contributed by atoms with van der Waals surface area (Å²) >= 11 is 5.61. The number of sulfonamides is 1. The Morgan fingerprint density at radius 2 is 2.08 bits per heavy atom. The Morgan fingerprint density at radius 1 is 1.46 bits per heavy atom. The van der Waals surface area contributed by atoms with Crippen LogP contribution in [-0.4, -0.2) is 15.5 Å². The molecule has 0 heterocycles. The minimum atomic E-state index is -3.48. The van der Waals surface area contributed by atoms with Crippen LogP contribution in [0.1, 0.15) is 0 Å². The number of rotatable bonds is 2. The summed E-state index contributed by atoms with van der Waals surface area (Å²) in [5.74, 6) is 0. The van der Waals surface area contributed by atoms with Crippen LogP contribution in [0.3, 0.4) is 0 Å². The summed E-state index contributed by atoms with van der Waals surface area (Å²) in [5, 5.41) is 0.410. The van der Waals surface area contributed by atoms with Gasteiger partial charge in [0.25, 0.3) is 0 Å². The van der Waals surface area contributed by atoms with Crippen molar-refractivity contribution in [3.05, 3.63) is 23.2 Å². The van der Waals surface area contributed by atoms with E-state index in [2.05, 4.69) is 4.72 Å². The van der Waals surface area contributed by atoms with Crippen molar-refractivity contribution >= 4 is 27.3 Å². The molecule has 0 aromatic heterocycles. The molecule has 72 valence electrons. The molecule has 0 saturated heterocycles. The van der Waals surface area contributed by atoms with Crippen molar-refractivity contribution in [1.82, 2.24) is 4.72 Å². The van der Waals surface area contributed by atoms with Gasteiger partial charge in [0, 0.05) is 5.02 Å². The fraction of sp³-hybridized carbons (Fsp3) is 0.143. The van der Waals surface area contributed by atoms with Crippen molar-refractivity contribution in [2.75, 3.05) is 12.8 Å². The third-order valence-electron chi connectivity index (χ3n) is 1.53. The molecule has 13 heavy (non-hydrogen) atoms. The molecular weight excluding hydrogens is 212 g/mol. The zero-order valence-electron chi connectivity index (χ0n) is 6.91. The normalized spacial score (nSPS) is 11.5.